The van der Waals surface area contributed by atoms with Crippen LogP contribution >= 0.6 is 15.9 Å². The van der Waals surface area contributed by atoms with Crippen LogP contribution in [0.25, 0.3) is 0 Å². The summed E-state index contributed by atoms with van der Waals surface area (Å²) in [6.45, 7) is 1.73. The molecule has 0 fully saturated rings. The Labute approximate surface area is 120 Å². The van der Waals surface area contributed by atoms with E-state index >= 15 is 0 Å². The Bertz CT molecular complexity index is 567. The summed E-state index contributed by atoms with van der Waals surface area (Å²) >= 11 is 3.44. The summed E-state index contributed by atoms with van der Waals surface area (Å²) in [5.41, 5.74) is 0.838. The van der Waals surface area contributed by atoms with E-state index in [2.05, 4.69) is 15.9 Å². The van der Waals surface area contributed by atoms with Gasteiger partial charge in [0.1, 0.15) is 17.2 Å². The highest BCUT2D eigenvalue weighted by molar-refractivity contribution is 9.10. The first kappa shape index (κ1) is 13.9. The molecular weight excluding hydrogens is 308 g/mol. The molecule has 0 saturated carbocycles. The van der Waals surface area contributed by atoms with Crippen LogP contribution in [0.5, 0.6) is 17.2 Å². The second-order valence-corrected chi connectivity index (χ2v) is 5.00. The van der Waals surface area contributed by atoms with Crippen molar-refractivity contribution in [3.8, 4) is 17.2 Å². The maximum absolute atomic E-state index is 9.52. The summed E-state index contributed by atoms with van der Waals surface area (Å²) in [7, 11) is 1.62. The molecule has 0 amide bonds. The molecule has 0 spiro atoms. The third-order valence-electron chi connectivity index (χ3n) is 2.71. The fraction of sp³-hybridized carbons (Fsp3) is 0.200. The Hall–Kier alpha value is -1.52. The molecule has 100 valence electrons. The highest BCUT2D eigenvalue weighted by Crippen LogP contribution is 2.33. The maximum Gasteiger partial charge on any atom is 0.141 e. The van der Waals surface area contributed by atoms with E-state index in [0.717, 1.165) is 15.8 Å². The lowest BCUT2D eigenvalue weighted by atomic mass is 10.1. The van der Waals surface area contributed by atoms with E-state index in [4.69, 9.17) is 9.47 Å². The summed E-state index contributed by atoms with van der Waals surface area (Å²) in [5.74, 6) is 2.14. The van der Waals surface area contributed by atoms with E-state index < -0.39 is 6.10 Å². The number of aliphatic hydroxyl groups excluding tert-OH is 1. The Morgan fingerprint density at radius 1 is 1.11 bits per heavy atom. The van der Waals surface area contributed by atoms with Crippen molar-refractivity contribution in [2.45, 2.75) is 13.0 Å². The van der Waals surface area contributed by atoms with E-state index in [1.807, 2.05) is 42.5 Å². The van der Waals surface area contributed by atoms with Crippen LogP contribution in [-0.4, -0.2) is 12.2 Å². The molecule has 0 heterocycles. The predicted molar refractivity (Wildman–Crippen MR) is 77.8 cm³/mol. The molecule has 2 aromatic rings. The molecule has 3 nitrogen and oxygen atoms in total. The third kappa shape index (κ3) is 3.49. The normalized spacial score (nSPS) is 12.0. The highest BCUT2D eigenvalue weighted by atomic mass is 79.9. The molecule has 0 bridgehead atoms. The van der Waals surface area contributed by atoms with Gasteiger partial charge in [0.25, 0.3) is 0 Å². The van der Waals surface area contributed by atoms with Crippen molar-refractivity contribution < 1.29 is 14.6 Å². The van der Waals surface area contributed by atoms with Crippen molar-refractivity contribution >= 4 is 15.9 Å². The van der Waals surface area contributed by atoms with E-state index in [0.29, 0.717) is 11.5 Å². The van der Waals surface area contributed by atoms with Crippen molar-refractivity contribution in [3.63, 3.8) is 0 Å². The number of aliphatic hydroxyl groups is 1. The molecule has 0 radical (unpaired) electrons. The first-order valence-electron chi connectivity index (χ1n) is 5.89. The second kappa shape index (κ2) is 6.08. The minimum Gasteiger partial charge on any atom is -0.497 e. The second-order valence-electron chi connectivity index (χ2n) is 4.15. The number of ether oxygens (including phenoxy) is 2. The summed E-state index contributed by atoms with van der Waals surface area (Å²) in [4.78, 5) is 0. The van der Waals surface area contributed by atoms with Gasteiger partial charge in [0.15, 0.2) is 0 Å². The van der Waals surface area contributed by atoms with Gasteiger partial charge in [-0.05, 0) is 52.7 Å². The van der Waals surface area contributed by atoms with Gasteiger partial charge in [-0.15, -0.1) is 0 Å². The first-order valence-corrected chi connectivity index (χ1v) is 6.69. The zero-order chi connectivity index (χ0) is 13.8. The Balaban J connectivity index is 2.23. The van der Waals surface area contributed by atoms with Crippen molar-refractivity contribution in [3.05, 3.63) is 52.5 Å². The van der Waals surface area contributed by atoms with Gasteiger partial charge in [0.2, 0.25) is 0 Å². The third-order valence-corrected chi connectivity index (χ3v) is 3.33. The van der Waals surface area contributed by atoms with Crippen LogP contribution in [0.4, 0.5) is 0 Å². The largest absolute Gasteiger partial charge is 0.497 e. The Morgan fingerprint density at radius 3 is 2.47 bits per heavy atom. The fourth-order valence-electron chi connectivity index (χ4n) is 1.65. The molecule has 0 aliphatic rings. The van der Waals surface area contributed by atoms with E-state index in [9.17, 15) is 5.11 Å². The van der Waals surface area contributed by atoms with Gasteiger partial charge in [-0.3, -0.25) is 0 Å². The molecule has 1 N–H and O–H groups in total. The monoisotopic (exact) mass is 322 g/mol. The molecule has 0 unspecified atom stereocenters. The summed E-state index contributed by atoms with van der Waals surface area (Å²) in [6, 6.07) is 12.9. The van der Waals surface area contributed by atoms with Crippen molar-refractivity contribution in [1.82, 2.24) is 0 Å². The minimum atomic E-state index is -0.498. The van der Waals surface area contributed by atoms with Crippen LogP contribution in [-0.2, 0) is 0 Å². The van der Waals surface area contributed by atoms with Gasteiger partial charge in [-0.25, -0.2) is 0 Å². The number of rotatable bonds is 4. The van der Waals surface area contributed by atoms with Gasteiger partial charge in [0, 0.05) is 6.07 Å². The lowest BCUT2D eigenvalue weighted by Gasteiger charge is -2.11. The van der Waals surface area contributed by atoms with Crippen LogP contribution in [0, 0.1) is 0 Å². The average Bonchev–Trinajstić information content (AvgIpc) is 2.41. The van der Waals surface area contributed by atoms with Gasteiger partial charge in [0.05, 0.1) is 17.7 Å². The predicted octanol–water partition coefficient (Wildman–Crippen LogP) is 4.30. The molecule has 2 aromatic carbocycles. The number of methoxy groups -OCH3 is 1. The summed E-state index contributed by atoms with van der Waals surface area (Å²) in [5, 5.41) is 9.52. The van der Waals surface area contributed by atoms with Gasteiger partial charge in [-0.1, -0.05) is 12.1 Å². The number of hydrogen-bond donors (Lipinski definition) is 1. The molecular formula is C15H15BrO3. The van der Waals surface area contributed by atoms with Crippen molar-refractivity contribution in [2.75, 3.05) is 7.11 Å². The zero-order valence-corrected chi connectivity index (χ0v) is 12.3. The standard InChI is InChI=1S/C15H15BrO3/c1-10(17)11-6-7-15(14(16)8-11)19-13-5-3-4-12(9-13)18-2/h3-10,17H,1-2H3/t10-/m0/s1. The smallest absolute Gasteiger partial charge is 0.141 e. The topological polar surface area (TPSA) is 38.7 Å². The Kier molecular flexibility index (Phi) is 4.45. The lowest BCUT2D eigenvalue weighted by Crippen LogP contribution is -1.92. The van der Waals surface area contributed by atoms with Crippen molar-refractivity contribution in [2.24, 2.45) is 0 Å². The number of hydrogen-bond acceptors (Lipinski definition) is 3. The van der Waals surface area contributed by atoms with Crippen LogP contribution < -0.4 is 9.47 Å². The average molecular weight is 323 g/mol. The first-order chi connectivity index (χ1) is 9.10. The number of halogens is 1. The molecule has 1 atom stereocenters. The van der Waals surface area contributed by atoms with Gasteiger partial charge < -0.3 is 14.6 Å². The molecule has 2 rings (SSSR count). The minimum absolute atomic E-state index is 0.498. The molecule has 19 heavy (non-hydrogen) atoms. The molecule has 0 aliphatic heterocycles. The molecule has 0 saturated heterocycles. The van der Waals surface area contributed by atoms with Crippen LogP contribution in [0.1, 0.15) is 18.6 Å². The maximum atomic E-state index is 9.52. The van der Waals surface area contributed by atoms with Gasteiger partial charge >= 0.3 is 0 Å². The molecule has 0 aliphatic carbocycles. The SMILES string of the molecule is COc1cccc(Oc2ccc([C@H](C)O)cc2Br)c1. The van der Waals surface area contributed by atoms with Crippen LogP contribution in [0.3, 0.4) is 0 Å². The zero-order valence-electron chi connectivity index (χ0n) is 10.8. The van der Waals surface area contributed by atoms with Crippen LogP contribution in [0.15, 0.2) is 46.9 Å². The molecule has 4 heteroatoms. The lowest BCUT2D eigenvalue weighted by molar-refractivity contribution is 0.199. The van der Waals surface area contributed by atoms with Gasteiger partial charge in [-0.2, -0.15) is 0 Å². The van der Waals surface area contributed by atoms with Crippen LogP contribution in [0.2, 0.25) is 0 Å². The fourth-order valence-corrected chi connectivity index (χ4v) is 2.13. The van der Waals surface area contributed by atoms with E-state index in [1.54, 1.807) is 14.0 Å². The van der Waals surface area contributed by atoms with Crippen molar-refractivity contribution in [1.29, 1.82) is 0 Å². The summed E-state index contributed by atoms with van der Waals surface area (Å²) in [6.07, 6.45) is -0.498. The van der Waals surface area contributed by atoms with E-state index in [1.165, 1.54) is 0 Å². The van der Waals surface area contributed by atoms with E-state index in [-0.39, 0.29) is 0 Å². The molecule has 0 aromatic heterocycles. The quantitative estimate of drug-likeness (QED) is 0.911. The Morgan fingerprint density at radius 2 is 1.84 bits per heavy atom. The summed E-state index contributed by atoms with van der Waals surface area (Å²) < 4.78 is 11.7. The number of benzene rings is 2. The highest BCUT2D eigenvalue weighted by Gasteiger charge is 2.07.